The van der Waals surface area contributed by atoms with Crippen LogP contribution in [0.2, 0.25) is 0 Å². The number of benzene rings is 1. The van der Waals surface area contributed by atoms with Crippen molar-refractivity contribution in [3.05, 3.63) is 53.7 Å². The summed E-state index contributed by atoms with van der Waals surface area (Å²) in [6, 6.07) is 10.3. The first-order chi connectivity index (χ1) is 10.6. The molecule has 1 aromatic heterocycles. The summed E-state index contributed by atoms with van der Waals surface area (Å²) in [6.07, 6.45) is 1.41. The quantitative estimate of drug-likeness (QED) is 0.937. The molecule has 1 aliphatic heterocycles. The second-order valence-corrected chi connectivity index (χ2v) is 4.94. The van der Waals surface area contributed by atoms with Gasteiger partial charge in [-0.2, -0.15) is 0 Å². The fraction of sp³-hybridized carbons (Fsp3) is 0.188. The molecule has 2 heterocycles. The van der Waals surface area contributed by atoms with E-state index in [9.17, 15) is 4.79 Å². The first kappa shape index (κ1) is 14.1. The summed E-state index contributed by atoms with van der Waals surface area (Å²) >= 11 is 0. The molecule has 6 heteroatoms. The summed E-state index contributed by atoms with van der Waals surface area (Å²) in [7, 11) is 2.00. The molecule has 0 radical (unpaired) electrons. The van der Waals surface area contributed by atoms with Gasteiger partial charge in [0.15, 0.2) is 0 Å². The number of rotatable bonds is 4. The van der Waals surface area contributed by atoms with Gasteiger partial charge in [0.2, 0.25) is 5.88 Å². The number of aromatic carboxylic acids is 1. The van der Waals surface area contributed by atoms with Gasteiger partial charge in [-0.3, -0.25) is 4.99 Å². The van der Waals surface area contributed by atoms with Crippen LogP contribution in [0.5, 0.6) is 11.6 Å². The van der Waals surface area contributed by atoms with E-state index in [0.29, 0.717) is 5.75 Å². The van der Waals surface area contributed by atoms with Crippen molar-refractivity contribution < 1.29 is 14.6 Å². The number of carbonyl (C=O) groups is 1. The molecular weight excluding hydrogens is 282 g/mol. The summed E-state index contributed by atoms with van der Waals surface area (Å²) in [6.45, 7) is 1.70. The summed E-state index contributed by atoms with van der Waals surface area (Å²) in [5.41, 5.74) is 1.10. The summed E-state index contributed by atoms with van der Waals surface area (Å²) in [5.74, 6) is 0.759. The van der Waals surface area contributed by atoms with E-state index >= 15 is 0 Å². The number of hydrogen-bond donors (Lipinski definition) is 1. The van der Waals surface area contributed by atoms with Crippen LogP contribution in [0.4, 0.5) is 0 Å². The lowest BCUT2D eigenvalue weighted by molar-refractivity contribution is 0.0696. The Morgan fingerprint density at radius 2 is 2.18 bits per heavy atom. The third-order valence-corrected chi connectivity index (χ3v) is 3.36. The zero-order valence-electron chi connectivity index (χ0n) is 12.1. The Bertz CT molecular complexity index is 743. The van der Waals surface area contributed by atoms with E-state index in [-0.39, 0.29) is 11.4 Å². The number of aromatic nitrogens is 1. The Balaban J connectivity index is 1.84. The highest BCUT2D eigenvalue weighted by atomic mass is 16.5. The van der Waals surface area contributed by atoms with Gasteiger partial charge in [-0.1, -0.05) is 12.1 Å². The monoisotopic (exact) mass is 297 g/mol. The molecule has 3 rings (SSSR count). The van der Waals surface area contributed by atoms with E-state index in [2.05, 4.69) is 14.9 Å². The van der Waals surface area contributed by atoms with Gasteiger partial charge in [0.05, 0.1) is 12.1 Å². The normalized spacial score (nSPS) is 13.9. The lowest BCUT2D eigenvalue weighted by Crippen LogP contribution is -2.23. The van der Waals surface area contributed by atoms with E-state index in [0.717, 1.165) is 24.5 Å². The Kier molecular flexibility index (Phi) is 3.74. The zero-order chi connectivity index (χ0) is 15.5. The molecule has 0 bridgehead atoms. The van der Waals surface area contributed by atoms with Gasteiger partial charge in [-0.05, 0) is 18.2 Å². The Hall–Kier alpha value is -2.89. The second kappa shape index (κ2) is 5.85. The number of carboxylic acid groups (broad SMARTS) is 1. The van der Waals surface area contributed by atoms with Crippen LogP contribution in [-0.4, -0.2) is 46.9 Å². The first-order valence-electron chi connectivity index (χ1n) is 6.87. The van der Waals surface area contributed by atoms with Gasteiger partial charge in [-0.25, -0.2) is 9.78 Å². The predicted octanol–water partition coefficient (Wildman–Crippen LogP) is 2.26. The van der Waals surface area contributed by atoms with Crippen LogP contribution in [0, 0.1) is 0 Å². The minimum atomic E-state index is -1.01. The fourth-order valence-electron chi connectivity index (χ4n) is 2.26. The molecule has 2 aromatic rings. The van der Waals surface area contributed by atoms with Crippen LogP contribution in [0.1, 0.15) is 15.9 Å². The van der Waals surface area contributed by atoms with Crippen LogP contribution in [0.15, 0.2) is 47.6 Å². The van der Waals surface area contributed by atoms with Gasteiger partial charge in [-0.15, -0.1) is 0 Å². The van der Waals surface area contributed by atoms with Crippen LogP contribution in [0.25, 0.3) is 0 Å². The zero-order valence-corrected chi connectivity index (χ0v) is 12.1. The van der Waals surface area contributed by atoms with Crippen molar-refractivity contribution >= 4 is 11.8 Å². The molecule has 0 saturated carbocycles. The summed E-state index contributed by atoms with van der Waals surface area (Å²) in [4.78, 5) is 21.6. The molecule has 0 unspecified atom stereocenters. The molecule has 6 nitrogen and oxygen atoms in total. The number of amidine groups is 1. The van der Waals surface area contributed by atoms with Crippen molar-refractivity contribution in [1.29, 1.82) is 0 Å². The van der Waals surface area contributed by atoms with Crippen LogP contribution >= 0.6 is 0 Å². The third kappa shape index (κ3) is 2.90. The molecule has 22 heavy (non-hydrogen) atoms. The molecule has 0 amide bonds. The molecule has 0 spiro atoms. The smallest absolute Gasteiger partial charge is 0.335 e. The predicted molar refractivity (Wildman–Crippen MR) is 81.7 cm³/mol. The molecular formula is C16H15N3O3. The molecule has 1 N–H and O–H groups in total. The van der Waals surface area contributed by atoms with Crippen molar-refractivity contribution in [2.45, 2.75) is 0 Å². The van der Waals surface area contributed by atoms with Gasteiger partial charge in [0.1, 0.15) is 11.6 Å². The molecule has 0 fully saturated rings. The molecule has 0 atom stereocenters. The maximum Gasteiger partial charge on any atom is 0.335 e. The Labute approximate surface area is 127 Å². The lowest BCUT2D eigenvalue weighted by atomic mass is 10.2. The van der Waals surface area contributed by atoms with E-state index in [1.165, 1.54) is 18.3 Å². The summed E-state index contributed by atoms with van der Waals surface area (Å²) < 4.78 is 5.66. The van der Waals surface area contributed by atoms with Crippen molar-refractivity contribution in [1.82, 2.24) is 9.88 Å². The Morgan fingerprint density at radius 1 is 1.32 bits per heavy atom. The highest BCUT2D eigenvalue weighted by Gasteiger charge is 2.15. The SMILES string of the molecule is CN1CCN=C1c1cccc(Oc2cc(C(=O)O)ccn2)c1. The van der Waals surface area contributed by atoms with E-state index in [1.54, 1.807) is 6.07 Å². The van der Waals surface area contributed by atoms with Crippen molar-refractivity contribution in [2.75, 3.05) is 20.1 Å². The molecule has 0 aliphatic carbocycles. The summed E-state index contributed by atoms with van der Waals surface area (Å²) in [5, 5.41) is 8.99. The second-order valence-electron chi connectivity index (χ2n) is 4.94. The van der Waals surface area contributed by atoms with Crippen LogP contribution in [0.3, 0.4) is 0 Å². The molecule has 1 aliphatic rings. The number of likely N-dealkylation sites (N-methyl/N-ethyl adjacent to an activating group) is 1. The maximum absolute atomic E-state index is 11.0. The standard InChI is InChI=1S/C16H15N3O3/c1-19-8-7-18-15(19)11-3-2-4-13(9-11)22-14-10-12(16(20)21)5-6-17-14/h2-6,9-10H,7-8H2,1H3,(H,20,21). The van der Waals surface area contributed by atoms with Gasteiger partial charge >= 0.3 is 5.97 Å². The number of nitrogens with zero attached hydrogens (tertiary/aromatic N) is 3. The van der Waals surface area contributed by atoms with Crippen molar-refractivity contribution in [3.8, 4) is 11.6 Å². The van der Waals surface area contributed by atoms with E-state index < -0.39 is 5.97 Å². The lowest BCUT2D eigenvalue weighted by Gasteiger charge is -2.14. The Morgan fingerprint density at radius 3 is 2.91 bits per heavy atom. The van der Waals surface area contributed by atoms with Crippen molar-refractivity contribution in [3.63, 3.8) is 0 Å². The van der Waals surface area contributed by atoms with Crippen LogP contribution in [-0.2, 0) is 0 Å². The molecule has 1 aromatic carbocycles. The number of ether oxygens (including phenoxy) is 1. The third-order valence-electron chi connectivity index (χ3n) is 3.36. The van der Waals surface area contributed by atoms with Crippen LogP contribution < -0.4 is 4.74 Å². The number of pyridine rings is 1. The number of aliphatic imine (C=N–C) groups is 1. The van der Waals surface area contributed by atoms with E-state index in [1.807, 2.05) is 25.2 Å². The average molecular weight is 297 g/mol. The van der Waals surface area contributed by atoms with Gasteiger partial charge in [0, 0.05) is 31.4 Å². The number of hydrogen-bond acceptors (Lipinski definition) is 5. The topological polar surface area (TPSA) is 75.0 Å². The average Bonchev–Trinajstić information content (AvgIpc) is 2.94. The molecule has 0 saturated heterocycles. The highest BCUT2D eigenvalue weighted by molar-refractivity contribution is 5.99. The minimum absolute atomic E-state index is 0.140. The van der Waals surface area contributed by atoms with E-state index in [4.69, 9.17) is 9.84 Å². The molecule has 112 valence electrons. The minimum Gasteiger partial charge on any atom is -0.478 e. The van der Waals surface area contributed by atoms with Gasteiger partial charge in [0.25, 0.3) is 0 Å². The largest absolute Gasteiger partial charge is 0.478 e. The fourth-order valence-corrected chi connectivity index (χ4v) is 2.26. The number of carboxylic acids is 1. The maximum atomic E-state index is 11.0. The first-order valence-corrected chi connectivity index (χ1v) is 6.87. The van der Waals surface area contributed by atoms with Crippen molar-refractivity contribution in [2.24, 2.45) is 4.99 Å². The van der Waals surface area contributed by atoms with Gasteiger partial charge < -0.3 is 14.7 Å². The highest BCUT2D eigenvalue weighted by Crippen LogP contribution is 2.22.